The highest BCUT2D eigenvalue weighted by Crippen LogP contribution is 2.38. The van der Waals surface area contributed by atoms with E-state index < -0.39 is 10.8 Å². The minimum atomic E-state index is -1.70. The first-order valence-electron chi connectivity index (χ1n) is 3.99. The van der Waals surface area contributed by atoms with Crippen molar-refractivity contribution in [1.29, 1.82) is 0 Å². The molecule has 0 spiro atoms. The second kappa shape index (κ2) is 6.06. The first-order valence-corrected chi connectivity index (χ1v) is 5.51. The quantitative estimate of drug-likeness (QED) is 0.769. The molecular weight excluding hydrogens is 270 g/mol. The summed E-state index contributed by atoms with van der Waals surface area (Å²) in [6.45, 7) is 1.92. The normalized spacial score (nSPS) is 14.6. The minimum Gasteiger partial charge on any atom is -0.480 e. The molecule has 82 valence electrons. The van der Waals surface area contributed by atoms with Crippen LogP contribution in [0.2, 0.25) is 0 Å². The average molecular weight is 280 g/mol. The maximum absolute atomic E-state index is 10.9. The van der Waals surface area contributed by atoms with E-state index in [0.717, 1.165) is 6.42 Å². The SMILES string of the molecule is CCCCC(Cl)(C(=O)O)C(Cl)=C(Cl)Cl. The molecule has 0 fully saturated rings. The number of carboxylic acids is 1. The van der Waals surface area contributed by atoms with Crippen LogP contribution in [-0.2, 0) is 4.79 Å². The smallest absolute Gasteiger partial charge is 0.330 e. The molecule has 0 saturated heterocycles. The molecule has 0 aliphatic carbocycles. The van der Waals surface area contributed by atoms with Gasteiger partial charge >= 0.3 is 5.97 Å². The minimum absolute atomic E-state index is 0.197. The molecule has 0 aromatic heterocycles. The second-order valence-electron chi connectivity index (χ2n) is 2.78. The Balaban J connectivity index is 4.91. The number of rotatable bonds is 5. The first-order chi connectivity index (χ1) is 6.36. The zero-order chi connectivity index (χ0) is 11.4. The number of aliphatic carboxylic acids is 1. The number of carbonyl (C=O) groups is 1. The zero-order valence-corrected chi connectivity index (χ0v) is 10.5. The van der Waals surface area contributed by atoms with E-state index in [2.05, 4.69) is 0 Å². The lowest BCUT2D eigenvalue weighted by Gasteiger charge is -2.21. The number of unbranched alkanes of at least 4 members (excludes halogenated alkanes) is 1. The lowest BCUT2D eigenvalue weighted by atomic mass is 10.0. The highest BCUT2D eigenvalue weighted by molar-refractivity contribution is 6.61. The molecule has 0 aromatic carbocycles. The van der Waals surface area contributed by atoms with Crippen LogP contribution >= 0.6 is 46.4 Å². The summed E-state index contributed by atoms with van der Waals surface area (Å²) in [5.41, 5.74) is 0. The topological polar surface area (TPSA) is 37.3 Å². The summed E-state index contributed by atoms with van der Waals surface area (Å²) in [7, 11) is 0. The van der Waals surface area contributed by atoms with Gasteiger partial charge in [0, 0.05) is 0 Å². The van der Waals surface area contributed by atoms with Crippen molar-refractivity contribution in [1.82, 2.24) is 0 Å². The van der Waals surface area contributed by atoms with Gasteiger partial charge in [-0.05, 0) is 6.42 Å². The molecule has 2 nitrogen and oxygen atoms in total. The summed E-state index contributed by atoms with van der Waals surface area (Å²) in [5.74, 6) is -1.24. The molecule has 1 N–H and O–H groups in total. The van der Waals surface area contributed by atoms with Gasteiger partial charge in [0.25, 0.3) is 0 Å². The molecule has 0 bridgehead atoms. The van der Waals surface area contributed by atoms with Crippen molar-refractivity contribution in [2.45, 2.75) is 31.1 Å². The maximum Gasteiger partial charge on any atom is 0.330 e. The summed E-state index contributed by atoms with van der Waals surface area (Å²) in [5, 5.41) is 8.68. The van der Waals surface area contributed by atoms with Gasteiger partial charge in [-0.3, -0.25) is 0 Å². The third-order valence-corrected chi connectivity index (χ3v) is 3.45. The number of carboxylic acid groups (broad SMARTS) is 1. The molecule has 1 unspecified atom stereocenters. The van der Waals surface area contributed by atoms with Crippen LogP contribution in [0.25, 0.3) is 0 Å². The Morgan fingerprint density at radius 2 is 1.86 bits per heavy atom. The number of hydrogen-bond acceptors (Lipinski definition) is 1. The lowest BCUT2D eigenvalue weighted by molar-refractivity contribution is -0.139. The average Bonchev–Trinajstić information content (AvgIpc) is 2.12. The van der Waals surface area contributed by atoms with E-state index in [0.29, 0.717) is 6.42 Å². The maximum atomic E-state index is 10.9. The van der Waals surface area contributed by atoms with Gasteiger partial charge in [-0.1, -0.05) is 54.6 Å². The molecule has 0 aliphatic rings. The summed E-state index contributed by atoms with van der Waals surface area (Å²) in [4.78, 5) is 9.21. The molecule has 14 heavy (non-hydrogen) atoms. The predicted octanol–water partition coefficient (Wildman–Crippen LogP) is 4.12. The fourth-order valence-electron chi connectivity index (χ4n) is 0.881. The fraction of sp³-hybridized carbons (Fsp3) is 0.625. The molecule has 6 heteroatoms. The van der Waals surface area contributed by atoms with Crippen molar-refractivity contribution in [2.24, 2.45) is 0 Å². The Labute approximate surface area is 103 Å². The van der Waals surface area contributed by atoms with E-state index in [1.165, 1.54) is 0 Å². The van der Waals surface area contributed by atoms with Crippen LogP contribution in [0.1, 0.15) is 26.2 Å². The third kappa shape index (κ3) is 3.50. The molecule has 0 radical (unpaired) electrons. The summed E-state index contributed by atoms with van der Waals surface area (Å²) >= 11 is 22.3. The number of alkyl halides is 1. The van der Waals surface area contributed by atoms with Gasteiger partial charge in [-0.25, -0.2) is 4.79 Å². The number of halogens is 4. The Morgan fingerprint density at radius 1 is 1.36 bits per heavy atom. The highest BCUT2D eigenvalue weighted by atomic mass is 35.5. The van der Waals surface area contributed by atoms with Gasteiger partial charge in [0.1, 0.15) is 4.49 Å². The van der Waals surface area contributed by atoms with Crippen LogP contribution < -0.4 is 0 Å². The monoisotopic (exact) mass is 278 g/mol. The van der Waals surface area contributed by atoms with E-state index in [-0.39, 0.29) is 15.9 Å². The van der Waals surface area contributed by atoms with Crippen LogP contribution in [0.15, 0.2) is 9.52 Å². The Morgan fingerprint density at radius 3 is 2.14 bits per heavy atom. The summed E-state index contributed by atoms with van der Waals surface area (Å²) in [6, 6.07) is 0. The van der Waals surface area contributed by atoms with Gasteiger partial charge in [0.15, 0.2) is 4.87 Å². The molecule has 0 aliphatic heterocycles. The predicted molar refractivity (Wildman–Crippen MR) is 60.3 cm³/mol. The molecular formula is C8H10Cl4O2. The van der Waals surface area contributed by atoms with E-state index in [1.54, 1.807) is 0 Å². The van der Waals surface area contributed by atoms with Crippen molar-refractivity contribution in [3.8, 4) is 0 Å². The molecule has 0 heterocycles. The van der Waals surface area contributed by atoms with E-state index in [9.17, 15) is 4.79 Å². The highest BCUT2D eigenvalue weighted by Gasteiger charge is 2.40. The molecule has 0 aromatic rings. The molecule has 1 atom stereocenters. The molecule has 0 saturated carbocycles. The van der Waals surface area contributed by atoms with Crippen LogP contribution in [0.3, 0.4) is 0 Å². The Hall–Kier alpha value is 0.370. The van der Waals surface area contributed by atoms with Crippen molar-refractivity contribution in [3.05, 3.63) is 9.52 Å². The van der Waals surface area contributed by atoms with Crippen molar-refractivity contribution in [2.75, 3.05) is 0 Å². The lowest BCUT2D eigenvalue weighted by Crippen LogP contribution is -2.33. The first kappa shape index (κ1) is 14.4. The van der Waals surface area contributed by atoms with Gasteiger partial charge in [-0.2, -0.15) is 0 Å². The third-order valence-electron chi connectivity index (χ3n) is 1.73. The van der Waals surface area contributed by atoms with E-state index in [4.69, 9.17) is 51.5 Å². The van der Waals surface area contributed by atoms with Crippen LogP contribution in [0.5, 0.6) is 0 Å². The van der Waals surface area contributed by atoms with Gasteiger partial charge < -0.3 is 5.11 Å². The van der Waals surface area contributed by atoms with Crippen LogP contribution in [0, 0.1) is 0 Å². The fourth-order valence-corrected chi connectivity index (χ4v) is 1.70. The zero-order valence-electron chi connectivity index (χ0n) is 7.49. The number of hydrogen-bond donors (Lipinski definition) is 1. The van der Waals surface area contributed by atoms with E-state index in [1.807, 2.05) is 6.92 Å². The standard InChI is InChI=1S/C8H10Cl4O2/c1-2-3-4-8(12,7(13)14)5(9)6(10)11/h2-4H2,1H3,(H,13,14). The summed E-state index contributed by atoms with van der Waals surface area (Å²) in [6.07, 6.45) is 1.64. The second-order valence-corrected chi connectivity index (χ2v) is 4.76. The van der Waals surface area contributed by atoms with Crippen molar-refractivity contribution in [3.63, 3.8) is 0 Å². The molecule has 0 rings (SSSR count). The van der Waals surface area contributed by atoms with Crippen molar-refractivity contribution >= 4 is 52.4 Å². The van der Waals surface area contributed by atoms with Crippen LogP contribution in [-0.4, -0.2) is 16.0 Å². The van der Waals surface area contributed by atoms with Gasteiger partial charge in [0.05, 0.1) is 5.03 Å². The van der Waals surface area contributed by atoms with E-state index >= 15 is 0 Å². The summed E-state index contributed by atoms with van der Waals surface area (Å²) < 4.78 is -0.305. The van der Waals surface area contributed by atoms with Crippen molar-refractivity contribution < 1.29 is 9.90 Å². The Kier molecular flexibility index (Phi) is 6.22. The van der Waals surface area contributed by atoms with Crippen LogP contribution in [0.4, 0.5) is 0 Å². The largest absolute Gasteiger partial charge is 0.480 e. The van der Waals surface area contributed by atoms with Gasteiger partial charge in [0.2, 0.25) is 0 Å². The molecule has 0 amide bonds. The van der Waals surface area contributed by atoms with Gasteiger partial charge in [-0.15, -0.1) is 11.6 Å². The Bertz CT molecular complexity index is 248.